The molecule has 1 N–H and O–H groups in total. The van der Waals surface area contributed by atoms with Gasteiger partial charge in [0.15, 0.2) is 11.5 Å². The fraction of sp³-hybridized carbons (Fsp3) is 0.200. The summed E-state index contributed by atoms with van der Waals surface area (Å²) in [6, 6.07) is 10.4. The van der Waals surface area contributed by atoms with Crippen molar-refractivity contribution >= 4 is 15.9 Å². The zero-order valence-electron chi connectivity index (χ0n) is 10.7. The van der Waals surface area contributed by atoms with Crippen LogP contribution in [-0.2, 0) is 13.1 Å². The molecule has 2 aromatic rings. The molecule has 0 fully saturated rings. The lowest BCUT2D eigenvalue weighted by Crippen LogP contribution is -2.13. The number of halogens is 2. The summed E-state index contributed by atoms with van der Waals surface area (Å²) in [5.74, 6) is 1.30. The molecule has 3 nitrogen and oxygen atoms in total. The molecule has 0 bridgehead atoms. The van der Waals surface area contributed by atoms with Gasteiger partial charge in [0.1, 0.15) is 5.82 Å². The standard InChI is InChI=1S/C15H13BrFNO2/c16-13-6-15-14(19-9-20-15)5-11(13)8-18-7-10-2-1-3-12(17)4-10/h1-6,18H,7-9H2. The van der Waals surface area contributed by atoms with E-state index in [1.54, 1.807) is 6.07 Å². The molecule has 0 saturated heterocycles. The maximum Gasteiger partial charge on any atom is 0.231 e. The Morgan fingerprint density at radius 3 is 2.70 bits per heavy atom. The largest absolute Gasteiger partial charge is 0.454 e. The molecule has 20 heavy (non-hydrogen) atoms. The molecule has 2 aromatic carbocycles. The van der Waals surface area contributed by atoms with E-state index in [1.165, 1.54) is 12.1 Å². The molecule has 3 rings (SSSR count). The monoisotopic (exact) mass is 337 g/mol. The highest BCUT2D eigenvalue weighted by Crippen LogP contribution is 2.36. The average Bonchev–Trinajstić information content (AvgIpc) is 2.86. The number of rotatable bonds is 4. The molecule has 104 valence electrons. The summed E-state index contributed by atoms with van der Waals surface area (Å²) < 4.78 is 24.7. The number of nitrogens with one attached hydrogen (secondary N) is 1. The summed E-state index contributed by atoms with van der Waals surface area (Å²) >= 11 is 3.51. The molecule has 5 heteroatoms. The first kappa shape index (κ1) is 13.4. The molecule has 0 aromatic heterocycles. The molecule has 1 heterocycles. The second kappa shape index (κ2) is 5.81. The first-order valence-electron chi connectivity index (χ1n) is 6.25. The van der Waals surface area contributed by atoms with Gasteiger partial charge < -0.3 is 14.8 Å². The summed E-state index contributed by atoms with van der Waals surface area (Å²) in [7, 11) is 0. The van der Waals surface area contributed by atoms with Crippen molar-refractivity contribution in [3.8, 4) is 11.5 Å². The summed E-state index contributed by atoms with van der Waals surface area (Å²) in [5, 5.41) is 3.28. The van der Waals surface area contributed by atoms with E-state index < -0.39 is 0 Å². The van der Waals surface area contributed by atoms with E-state index in [0.29, 0.717) is 13.1 Å². The molecule has 0 atom stereocenters. The summed E-state index contributed by atoms with van der Waals surface area (Å²) in [4.78, 5) is 0. The molecule has 0 spiro atoms. The Labute approximate surface area is 124 Å². The summed E-state index contributed by atoms with van der Waals surface area (Å²) in [6.45, 7) is 1.54. The summed E-state index contributed by atoms with van der Waals surface area (Å²) in [6.07, 6.45) is 0. The topological polar surface area (TPSA) is 30.5 Å². The normalized spacial score (nSPS) is 12.7. The molecule has 0 unspecified atom stereocenters. The first-order chi connectivity index (χ1) is 9.72. The number of benzene rings is 2. The first-order valence-corrected chi connectivity index (χ1v) is 7.05. The fourth-order valence-electron chi connectivity index (χ4n) is 2.08. The van der Waals surface area contributed by atoms with E-state index in [-0.39, 0.29) is 12.6 Å². The predicted octanol–water partition coefficient (Wildman–Crippen LogP) is 3.61. The molecule has 0 amide bonds. The minimum absolute atomic E-state index is 0.214. The van der Waals surface area contributed by atoms with Crippen molar-refractivity contribution in [3.05, 3.63) is 57.8 Å². The molecule has 1 aliphatic heterocycles. The van der Waals surface area contributed by atoms with Crippen LogP contribution in [0.25, 0.3) is 0 Å². The highest BCUT2D eigenvalue weighted by Gasteiger charge is 2.15. The van der Waals surface area contributed by atoms with Crippen molar-refractivity contribution in [2.75, 3.05) is 6.79 Å². The minimum atomic E-state index is -0.214. The number of ether oxygens (including phenoxy) is 2. The van der Waals surface area contributed by atoms with Crippen LogP contribution in [-0.4, -0.2) is 6.79 Å². The highest BCUT2D eigenvalue weighted by molar-refractivity contribution is 9.10. The molecule has 0 aliphatic carbocycles. The van der Waals surface area contributed by atoms with E-state index in [2.05, 4.69) is 21.2 Å². The predicted molar refractivity (Wildman–Crippen MR) is 77.2 cm³/mol. The van der Waals surface area contributed by atoms with Gasteiger partial charge in [-0.05, 0) is 35.4 Å². The van der Waals surface area contributed by atoms with Gasteiger partial charge in [0.2, 0.25) is 6.79 Å². The molecular formula is C15H13BrFNO2. The lowest BCUT2D eigenvalue weighted by atomic mass is 10.2. The molecule has 0 radical (unpaired) electrons. The number of hydrogen-bond acceptors (Lipinski definition) is 3. The second-order valence-corrected chi connectivity index (χ2v) is 5.38. The Balaban J connectivity index is 1.64. The maximum absolute atomic E-state index is 13.1. The van der Waals surface area contributed by atoms with Gasteiger partial charge in [-0.15, -0.1) is 0 Å². The van der Waals surface area contributed by atoms with Gasteiger partial charge in [-0.25, -0.2) is 4.39 Å². The van der Waals surface area contributed by atoms with Crippen molar-refractivity contribution in [2.24, 2.45) is 0 Å². The van der Waals surface area contributed by atoms with Crippen LogP contribution in [0.5, 0.6) is 11.5 Å². The Bertz CT molecular complexity index is 633. The highest BCUT2D eigenvalue weighted by atomic mass is 79.9. The van der Waals surface area contributed by atoms with Crippen molar-refractivity contribution in [3.63, 3.8) is 0 Å². The zero-order chi connectivity index (χ0) is 13.9. The van der Waals surface area contributed by atoms with Crippen LogP contribution in [0.2, 0.25) is 0 Å². The van der Waals surface area contributed by atoms with Gasteiger partial charge in [0.05, 0.1) is 0 Å². The van der Waals surface area contributed by atoms with Gasteiger partial charge in [0, 0.05) is 17.6 Å². The number of fused-ring (bicyclic) bond motifs is 1. The smallest absolute Gasteiger partial charge is 0.231 e. The molecule has 1 aliphatic rings. The Morgan fingerprint density at radius 1 is 1.10 bits per heavy atom. The van der Waals surface area contributed by atoms with Crippen molar-refractivity contribution < 1.29 is 13.9 Å². The van der Waals surface area contributed by atoms with Gasteiger partial charge >= 0.3 is 0 Å². The lowest BCUT2D eigenvalue weighted by Gasteiger charge is -2.08. The Morgan fingerprint density at radius 2 is 1.90 bits per heavy atom. The van der Waals surface area contributed by atoms with Crippen LogP contribution in [0.4, 0.5) is 4.39 Å². The van der Waals surface area contributed by atoms with E-state index in [0.717, 1.165) is 27.1 Å². The third-order valence-electron chi connectivity index (χ3n) is 3.08. The van der Waals surface area contributed by atoms with E-state index in [4.69, 9.17) is 9.47 Å². The fourth-order valence-corrected chi connectivity index (χ4v) is 2.55. The third-order valence-corrected chi connectivity index (χ3v) is 3.81. The maximum atomic E-state index is 13.1. The minimum Gasteiger partial charge on any atom is -0.454 e. The third kappa shape index (κ3) is 2.94. The number of hydrogen-bond donors (Lipinski definition) is 1. The van der Waals surface area contributed by atoms with Gasteiger partial charge in [-0.2, -0.15) is 0 Å². The summed E-state index contributed by atoms with van der Waals surface area (Å²) in [5.41, 5.74) is 1.99. The van der Waals surface area contributed by atoms with Crippen molar-refractivity contribution in [2.45, 2.75) is 13.1 Å². The molecular weight excluding hydrogens is 325 g/mol. The van der Waals surface area contributed by atoms with Crippen LogP contribution in [0.15, 0.2) is 40.9 Å². The quantitative estimate of drug-likeness (QED) is 0.924. The van der Waals surface area contributed by atoms with Crippen LogP contribution in [0.1, 0.15) is 11.1 Å². The molecule has 0 saturated carbocycles. The van der Waals surface area contributed by atoms with Crippen LogP contribution in [0.3, 0.4) is 0 Å². The van der Waals surface area contributed by atoms with E-state index in [1.807, 2.05) is 18.2 Å². The Hall–Kier alpha value is -1.59. The van der Waals surface area contributed by atoms with Gasteiger partial charge in [0.25, 0.3) is 0 Å². The van der Waals surface area contributed by atoms with Crippen molar-refractivity contribution in [1.82, 2.24) is 5.32 Å². The Kier molecular flexibility index (Phi) is 3.89. The van der Waals surface area contributed by atoms with E-state index >= 15 is 0 Å². The van der Waals surface area contributed by atoms with Crippen molar-refractivity contribution in [1.29, 1.82) is 0 Å². The van der Waals surface area contributed by atoms with Gasteiger partial charge in [-0.3, -0.25) is 0 Å². The lowest BCUT2D eigenvalue weighted by molar-refractivity contribution is 0.174. The second-order valence-electron chi connectivity index (χ2n) is 4.53. The SMILES string of the molecule is Fc1cccc(CNCc2cc3c(cc2Br)OCO3)c1. The van der Waals surface area contributed by atoms with E-state index in [9.17, 15) is 4.39 Å². The zero-order valence-corrected chi connectivity index (χ0v) is 12.2. The average molecular weight is 338 g/mol. The van der Waals surface area contributed by atoms with Crippen LogP contribution >= 0.6 is 15.9 Å². The van der Waals surface area contributed by atoms with Crippen LogP contribution < -0.4 is 14.8 Å². The van der Waals surface area contributed by atoms with Crippen LogP contribution in [0, 0.1) is 5.82 Å². The van der Waals surface area contributed by atoms with Gasteiger partial charge in [-0.1, -0.05) is 28.1 Å².